The topological polar surface area (TPSA) is 111 Å². The summed E-state index contributed by atoms with van der Waals surface area (Å²) in [5, 5.41) is 17.3. The highest BCUT2D eigenvalue weighted by Crippen LogP contribution is 2.37. The first kappa shape index (κ1) is 63.7. The molecule has 5 fully saturated rings. The van der Waals surface area contributed by atoms with E-state index >= 15 is 0 Å². The van der Waals surface area contributed by atoms with E-state index in [2.05, 4.69) is 137 Å². The summed E-state index contributed by atoms with van der Waals surface area (Å²) in [6, 6.07) is 2.21. The molecule has 0 spiro atoms. The van der Waals surface area contributed by atoms with Gasteiger partial charge in [0.15, 0.2) is 0 Å². The Labute approximate surface area is 417 Å². The lowest BCUT2D eigenvalue weighted by Crippen LogP contribution is -2.40. The molecule has 0 bridgehead atoms. The molecule has 5 rings (SSSR count). The van der Waals surface area contributed by atoms with Crippen molar-refractivity contribution in [2.75, 3.05) is 111 Å². The van der Waals surface area contributed by atoms with E-state index in [1.807, 2.05) is 4.90 Å². The van der Waals surface area contributed by atoms with Gasteiger partial charge in [-0.2, -0.15) is 5.26 Å². The summed E-state index contributed by atoms with van der Waals surface area (Å²) in [6.45, 7) is 50.7. The van der Waals surface area contributed by atoms with Gasteiger partial charge < -0.3 is 29.6 Å². The summed E-state index contributed by atoms with van der Waals surface area (Å²) in [6.07, 6.45) is 14.7. The highest BCUT2D eigenvalue weighted by molar-refractivity contribution is 7.90. The molecule has 0 aromatic rings. The maximum absolute atomic E-state index is 11.1. The van der Waals surface area contributed by atoms with E-state index in [4.69, 9.17) is 10.4 Å². The van der Waals surface area contributed by atoms with Crippen LogP contribution in [0.2, 0.25) is 0 Å². The molecule has 1 amide bonds. The van der Waals surface area contributed by atoms with E-state index < -0.39 is 9.84 Å². The molecule has 5 heterocycles. The van der Waals surface area contributed by atoms with Crippen LogP contribution in [-0.2, 0) is 14.6 Å². The summed E-state index contributed by atoms with van der Waals surface area (Å²) < 4.78 is 22.1. The molecule has 1 N–H and O–H groups in total. The van der Waals surface area contributed by atoms with Gasteiger partial charge >= 0.3 is 0 Å². The average Bonchev–Trinajstić information content (AvgIpc) is 3.22. The molecular weight excluding hydrogens is 853 g/mol. The van der Waals surface area contributed by atoms with Crippen LogP contribution in [0.25, 0.3) is 0 Å². The molecule has 10 nitrogen and oxygen atoms in total. The number of nitrogens with zero attached hydrogens (tertiary/aromatic N) is 6. The van der Waals surface area contributed by atoms with Crippen LogP contribution in [0.3, 0.4) is 0 Å². The minimum atomic E-state index is -2.81. The lowest BCUT2D eigenvalue weighted by molar-refractivity contribution is -0.130. The fraction of sp³-hybridized carbons (Fsp3) is 0.964. The van der Waals surface area contributed by atoms with E-state index in [0.717, 1.165) is 68.9 Å². The monoisotopic (exact) mass is 965 g/mol. The molecule has 396 valence electrons. The number of aliphatic hydroxyl groups excluding tert-OH is 1. The van der Waals surface area contributed by atoms with Crippen LogP contribution in [0, 0.1) is 68.0 Å². The summed E-state index contributed by atoms with van der Waals surface area (Å²) in [4.78, 5) is 22.5. The largest absolute Gasteiger partial charge is 0.395 e. The van der Waals surface area contributed by atoms with Crippen molar-refractivity contribution >= 4 is 15.7 Å². The lowest BCUT2D eigenvalue weighted by atomic mass is 9.75. The van der Waals surface area contributed by atoms with Crippen molar-refractivity contribution < 1.29 is 18.3 Å². The summed E-state index contributed by atoms with van der Waals surface area (Å²) in [5.74, 6) is 4.76. The Morgan fingerprint density at radius 1 is 0.507 bits per heavy atom. The van der Waals surface area contributed by atoms with E-state index in [0.29, 0.717) is 52.4 Å². The van der Waals surface area contributed by atoms with Gasteiger partial charge in [-0.15, -0.1) is 0 Å². The quantitative estimate of drug-likeness (QED) is 0.267. The normalized spacial score (nSPS) is 21.6. The van der Waals surface area contributed by atoms with Crippen molar-refractivity contribution in [3.05, 3.63) is 0 Å². The molecule has 5 aliphatic heterocycles. The predicted molar refractivity (Wildman–Crippen MR) is 287 cm³/mol. The van der Waals surface area contributed by atoms with Crippen LogP contribution in [0.5, 0.6) is 0 Å². The van der Waals surface area contributed by atoms with Crippen molar-refractivity contribution in [2.24, 2.45) is 56.7 Å². The SMILES string of the molecule is CC(=O)N1CCC(C(C)(C)C)CC1.CC(C)(C)C1CCN(CCC#N)CC1.CC(C)(C)C1CCN(CCO)CC1.CC(C)(C)C1CCN(CCS(C)(=O)=O)CC1.CN1CCC(C(C)(C)C)CC1. The van der Waals surface area contributed by atoms with Gasteiger partial charge in [0.1, 0.15) is 9.84 Å². The van der Waals surface area contributed by atoms with Crippen LogP contribution in [0.4, 0.5) is 0 Å². The molecule has 0 aromatic carbocycles. The predicted octanol–water partition coefficient (Wildman–Crippen LogP) is 10.8. The number of carbonyl (C=O) groups is 1. The number of hydrogen-bond acceptors (Lipinski definition) is 9. The Kier molecular flexibility index (Phi) is 27.9. The number of piperidine rings is 5. The van der Waals surface area contributed by atoms with Crippen molar-refractivity contribution in [1.29, 1.82) is 5.26 Å². The van der Waals surface area contributed by atoms with Crippen LogP contribution in [0.15, 0.2) is 0 Å². The number of carbonyl (C=O) groups excluding carboxylic acids is 1. The number of sulfone groups is 1. The van der Waals surface area contributed by atoms with E-state index in [9.17, 15) is 13.2 Å². The Morgan fingerprint density at radius 3 is 1.03 bits per heavy atom. The van der Waals surface area contributed by atoms with E-state index in [1.54, 1.807) is 6.92 Å². The third-order valence-corrected chi connectivity index (χ3v) is 17.2. The van der Waals surface area contributed by atoms with Gasteiger partial charge in [-0.25, -0.2) is 8.42 Å². The van der Waals surface area contributed by atoms with Crippen LogP contribution < -0.4 is 0 Å². The van der Waals surface area contributed by atoms with Gasteiger partial charge in [0.05, 0.1) is 18.4 Å². The Hall–Kier alpha value is -1.29. The third-order valence-electron chi connectivity index (χ3n) is 16.3. The van der Waals surface area contributed by atoms with Crippen LogP contribution in [-0.4, -0.2) is 155 Å². The molecule has 11 heteroatoms. The number of β-amino-alcohol motifs (C(OH)–C–C–N with tert-alkyl or cyclic N) is 1. The number of amides is 1. The maximum atomic E-state index is 11.1. The zero-order chi connectivity index (χ0) is 51.4. The Morgan fingerprint density at radius 2 is 0.776 bits per heavy atom. The second-order valence-electron chi connectivity index (χ2n) is 26.8. The average molecular weight is 966 g/mol. The van der Waals surface area contributed by atoms with Crippen LogP contribution in [0.1, 0.15) is 181 Å². The number of hydrogen-bond donors (Lipinski definition) is 1. The fourth-order valence-electron chi connectivity index (χ4n) is 10.6. The second kappa shape index (κ2) is 29.3. The van der Waals surface area contributed by atoms with Crippen molar-refractivity contribution in [3.8, 4) is 6.07 Å². The van der Waals surface area contributed by atoms with Crippen molar-refractivity contribution in [2.45, 2.75) is 181 Å². The standard InChI is InChI=1S/C12H22N2.C12H25NO2S.C11H21NO.C11H23NO.C10H21N/c1-12(2,3)11-5-9-14(10-6-11)8-4-7-13;1-12(2,3)11-5-7-13(8-6-11)9-10-16(4,14)15;1-9(13)12-7-5-10(6-8-12)11(2,3)4;1-11(2,3)10-4-6-12(7-5-10)8-9-13;1-10(2,3)9-5-7-11(4)8-6-9/h11H,4-6,8-10H2,1-3H3;11H,5-10H2,1-4H3;10H,5-8H2,1-4H3;10,13H,4-9H2,1-3H3;9H,5-8H2,1-4H3. The molecule has 0 atom stereocenters. The summed E-state index contributed by atoms with van der Waals surface area (Å²) >= 11 is 0. The highest BCUT2D eigenvalue weighted by atomic mass is 32.2. The molecule has 0 radical (unpaired) electrons. The van der Waals surface area contributed by atoms with Gasteiger partial charge in [0, 0.05) is 52.3 Å². The first-order valence-corrected chi connectivity index (χ1v) is 29.0. The molecule has 0 unspecified atom stereocenters. The molecule has 0 saturated carbocycles. The molecule has 0 aliphatic carbocycles. The fourth-order valence-corrected chi connectivity index (χ4v) is 11.2. The minimum Gasteiger partial charge on any atom is -0.395 e. The van der Waals surface area contributed by atoms with Gasteiger partial charge in [-0.05, 0) is 180 Å². The Bertz CT molecular complexity index is 1470. The van der Waals surface area contributed by atoms with Crippen molar-refractivity contribution in [3.63, 3.8) is 0 Å². The molecule has 5 saturated heterocycles. The number of likely N-dealkylation sites (tertiary alicyclic amines) is 5. The zero-order valence-electron chi connectivity index (χ0n) is 47.5. The second-order valence-corrected chi connectivity index (χ2v) is 29.1. The van der Waals surface area contributed by atoms with Gasteiger partial charge in [0.25, 0.3) is 0 Å². The van der Waals surface area contributed by atoms with Crippen LogP contribution >= 0.6 is 0 Å². The smallest absolute Gasteiger partial charge is 0.219 e. The number of aliphatic hydroxyl groups is 1. The highest BCUT2D eigenvalue weighted by Gasteiger charge is 2.32. The van der Waals surface area contributed by atoms with Crippen molar-refractivity contribution in [1.82, 2.24) is 24.5 Å². The Balaban J connectivity index is 0.000000421. The molecule has 67 heavy (non-hydrogen) atoms. The van der Waals surface area contributed by atoms with E-state index in [1.165, 1.54) is 110 Å². The minimum absolute atomic E-state index is 0.229. The molecule has 5 aliphatic rings. The van der Waals surface area contributed by atoms with Gasteiger partial charge in [-0.3, -0.25) is 4.79 Å². The third kappa shape index (κ3) is 27.8. The first-order chi connectivity index (χ1) is 30.7. The summed E-state index contributed by atoms with van der Waals surface area (Å²) in [5.41, 5.74) is 2.25. The maximum Gasteiger partial charge on any atom is 0.219 e. The van der Waals surface area contributed by atoms with Gasteiger partial charge in [-0.1, -0.05) is 104 Å². The molecule has 0 aromatic heterocycles. The summed E-state index contributed by atoms with van der Waals surface area (Å²) in [7, 11) is -0.586. The van der Waals surface area contributed by atoms with E-state index in [-0.39, 0.29) is 5.91 Å². The molecular formula is C56H112N6O4S. The number of rotatable bonds is 7. The lowest BCUT2D eigenvalue weighted by Gasteiger charge is -2.38. The first-order valence-electron chi connectivity index (χ1n) is 26.9. The van der Waals surface area contributed by atoms with Gasteiger partial charge in [0.2, 0.25) is 5.91 Å². The zero-order valence-corrected chi connectivity index (χ0v) is 48.4. The number of nitriles is 1.